The van der Waals surface area contributed by atoms with E-state index in [1.165, 1.54) is 0 Å². The van der Waals surface area contributed by atoms with Crippen molar-refractivity contribution in [2.75, 3.05) is 13.1 Å². The maximum atomic E-state index is 12.3. The van der Waals surface area contributed by atoms with E-state index < -0.39 is 0 Å². The number of nitrogens with zero attached hydrogens (tertiary/aromatic N) is 2. The van der Waals surface area contributed by atoms with Crippen LogP contribution in [0, 0.1) is 0 Å². The first-order chi connectivity index (χ1) is 8.16. The van der Waals surface area contributed by atoms with Gasteiger partial charge in [-0.1, -0.05) is 19.8 Å². The fourth-order valence-electron chi connectivity index (χ4n) is 2.88. The first-order valence-electron chi connectivity index (χ1n) is 6.77. The lowest BCUT2D eigenvalue weighted by Gasteiger charge is -2.41. The zero-order valence-electron chi connectivity index (χ0n) is 10.8. The van der Waals surface area contributed by atoms with E-state index in [9.17, 15) is 9.59 Å². The predicted octanol–water partition coefficient (Wildman–Crippen LogP) is 1.40. The average Bonchev–Trinajstić information content (AvgIpc) is 2.80. The van der Waals surface area contributed by atoms with Crippen LogP contribution in [0.4, 0.5) is 0 Å². The summed E-state index contributed by atoms with van der Waals surface area (Å²) in [5.41, 5.74) is 0. The molecule has 0 aliphatic carbocycles. The molecule has 96 valence electrons. The topological polar surface area (TPSA) is 40.6 Å². The van der Waals surface area contributed by atoms with Gasteiger partial charge in [-0.05, 0) is 26.2 Å². The first kappa shape index (κ1) is 12.4. The Labute approximate surface area is 103 Å². The van der Waals surface area contributed by atoms with Gasteiger partial charge in [-0.15, -0.1) is 0 Å². The Morgan fingerprint density at radius 3 is 2.71 bits per heavy atom. The molecule has 0 aromatic rings. The maximum absolute atomic E-state index is 12.3. The SMILES string of the molecule is CCCCCN1C(=O)C2CCCN2C(=O)C1C. The van der Waals surface area contributed by atoms with Crippen LogP contribution in [0.3, 0.4) is 0 Å². The average molecular weight is 238 g/mol. The van der Waals surface area contributed by atoms with E-state index in [2.05, 4.69) is 6.92 Å². The molecule has 2 aliphatic rings. The fraction of sp³-hybridized carbons (Fsp3) is 0.846. The number of unbranched alkanes of at least 4 members (excludes halogenated alkanes) is 2. The van der Waals surface area contributed by atoms with Gasteiger partial charge in [0.25, 0.3) is 0 Å². The van der Waals surface area contributed by atoms with Gasteiger partial charge >= 0.3 is 0 Å². The molecule has 0 aromatic heterocycles. The molecule has 2 rings (SSSR count). The highest BCUT2D eigenvalue weighted by atomic mass is 16.2. The number of hydrogen-bond donors (Lipinski definition) is 0. The number of amides is 2. The molecular weight excluding hydrogens is 216 g/mol. The molecule has 0 spiro atoms. The quantitative estimate of drug-likeness (QED) is 0.695. The highest BCUT2D eigenvalue weighted by molar-refractivity contribution is 5.97. The lowest BCUT2D eigenvalue weighted by Crippen LogP contribution is -2.61. The van der Waals surface area contributed by atoms with Crippen LogP contribution in [0.15, 0.2) is 0 Å². The Balaban J connectivity index is 2.05. The van der Waals surface area contributed by atoms with E-state index in [0.29, 0.717) is 0 Å². The van der Waals surface area contributed by atoms with Crippen molar-refractivity contribution < 1.29 is 9.59 Å². The smallest absolute Gasteiger partial charge is 0.246 e. The van der Waals surface area contributed by atoms with Crippen LogP contribution in [0.2, 0.25) is 0 Å². The van der Waals surface area contributed by atoms with Crippen LogP contribution >= 0.6 is 0 Å². The minimum absolute atomic E-state index is 0.142. The Morgan fingerprint density at radius 1 is 1.24 bits per heavy atom. The second kappa shape index (κ2) is 5.07. The molecule has 17 heavy (non-hydrogen) atoms. The van der Waals surface area contributed by atoms with Crippen LogP contribution in [0.1, 0.15) is 46.0 Å². The molecule has 4 nitrogen and oxygen atoms in total. The molecule has 0 radical (unpaired) electrons. The summed E-state index contributed by atoms with van der Waals surface area (Å²) in [7, 11) is 0. The molecule has 0 bridgehead atoms. The molecule has 2 fully saturated rings. The second-order valence-electron chi connectivity index (χ2n) is 5.10. The van der Waals surface area contributed by atoms with Crippen molar-refractivity contribution in [3.05, 3.63) is 0 Å². The summed E-state index contributed by atoms with van der Waals surface area (Å²) in [6.07, 6.45) is 5.09. The summed E-state index contributed by atoms with van der Waals surface area (Å²) in [6.45, 7) is 5.51. The van der Waals surface area contributed by atoms with Crippen molar-refractivity contribution in [3.8, 4) is 0 Å². The summed E-state index contributed by atoms with van der Waals surface area (Å²) in [6, 6.07) is -0.408. The minimum Gasteiger partial charge on any atom is -0.329 e. The van der Waals surface area contributed by atoms with E-state index >= 15 is 0 Å². The minimum atomic E-state index is -0.256. The van der Waals surface area contributed by atoms with Gasteiger partial charge in [0, 0.05) is 13.1 Å². The van der Waals surface area contributed by atoms with Crippen molar-refractivity contribution in [1.82, 2.24) is 9.80 Å². The third-order valence-corrected chi connectivity index (χ3v) is 3.93. The zero-order valence-corrected chi connectivity index (χ0v) is 10.8. The van der Waals surface area contributed by atoms with Gasteiger partial charge in [0.2, 0.25) is 11.8 Å². The number of fused-ring (bicyclic) bond motifs is 1. The van der Waals surface area contributed by atoms with Crippen LogP contribution in [-0.2, 0) is 9.59 Å². The van der Waals surface area contributed by atoms with Gasteiger partial charge in [0.05, 0.1) is 0 Å². The van der Waals surface area contributed by atoms with Gasteiger partial charge in [-0.2, -0.15) is 0 Å². The molecule has 2 amide bonds. The van der Waals surface area contributed by atoms with Crippen LogP contribution in [0.25, 0.3) is 0 Å². The molecule has 2 heterocycles. The summed E-state index contributed by atoms with van der Waals surface area (Å²) in [5, 5.41) is 0. The Morgan fingerprint density at radius 2 is 2.00 bits per heavy atom. The molecule has 4 heteroatoms. The summed E-state index contributed by atoms with van der Waals surface area (Å²) in [5.74, 6) is 0.314. The first-order valence-corrected chi connectivity index (χ1v) is 6.77. The van der Waals surface area contributed by atoms with Crippen molar-refractivity contribution in [2.45, 2.75) is 58.0 Å². The summed E-state index contributed by atoms with van der Waals surface area (Å²) < 4.78 is 0. The van der Waals surface area contributed by atoms with Gasteiger partial charge in [-0.3, -0.25) is 9.59 Å². The largest absolute Gasteiger partial charge is 0.329 e. The molecule has 0 saturated carbocycles. The third-order valence-electron chi connectivity index (χ3n) is 3.93. The van der Waals surface area contributed by atoms with Gasteiger partial charge in [0.1, 0.15) is 12.1 Å². The van der Waals surface area contributed by atoms with Crippen molar-refractivity contribution in [3.63, 3.8) is 0 Å². The number of rotatable bonds is 4. The van der Waals surface area contributed by atoms with E-state index in [0.717, 1.165) is 45.2 Å². The number of piperazine rings is 1. The van der Waals surface area contributed by atoms with Gasteiger partial charge in [-0.25, -0.2) is 0 Å². The fourth-order valence-corrected chi connectivity index (χ4v) is 2.88. The molecule has 2 aliphatic heterocycles. The van der Waals surface area contributed by atoms with Crippen LogP contribution in [-0.4, -0.2) is 46.8 Å². The third kappa shape index (κ3) is 2.17. The maximum Gasteiger partial charge on any atom is 0.246 e. The Bertz CT molecular complexity index is 317. The highest BCUT2D eigenvalue weighted by Gasteiger charge is 2.45. The molecule has 2 saturated heterocycles. The zero-order chi connectivity index (χ0) is 12.4. The molecular formula is C13H22N2O2. The van der Waals surface area contributed by atoms with Crippen LogP contribution < -0.4 is 0 Å². The highest BCUT2D eigenvalue weighted by Crippen LogP contribution is 2.26. The van der Waals surface area contributed by atoms with E-state index in [4.69, 9.17) is 0 Å². The predicted molar refractivity (Wildman–Crippen MR) is 65.4 cm³/mol. The number of carbonyl (C=O) groups excluding carboxylic acids is 2. The van der Waals surface area contributed by atoms with E-state index in [1.807, 2.05) is 6.92 Å². The summed E-state index contributed by atoms with van der Waals surface area (Å²) >= 11 is 0. The Kier molecular flexibility index (Phi) is 3.69. The molecule has 2 unspecified atom stereocenters. The van der Waals surface area contributed by atoms with E-state index in [1.54, 1.807) is 9.80 Å². The monoisotopic (exact) mass is 238 g/mol. The second-order valence-corrected chi connectivity index (χ2v) is 5.10. The molecule has 0 aromatic carbocycles. The number of carbonyl (C=O) groups is 2. The molecule has 2 atom stereocenters. The van der Waals surface area contributed by atoms with Crippen molar-refractivity contribution in [2.24, 2.45) is 0 Å². The van der Waals surface area contributed by atoms with E-state index in [-0.39, 0.29) is 23.9 Å². The number of hydrogen-bond acceptors (Lipinski definition) is 2. The van der Waals surface area contributed by atoms with Crippen molar-refractivity contribution >= 4 is 11.8 Å². The lowest BCUT2D eigenvalue weighted by molar-refractivity contribution is -0.158. The molecule has 0 N–H and O–H groups in total. The van der Waals surface area contributed by atoms with Crippen molar-refractivity contribution in [1.29, 1.82) is 0 Å². The van der Waals surface area contributed by atoms with Crippen LogP contribution in [0.5, 0.6) is 0 Å². The normalized spacial score (nSPS) is 28.8. The Hall–Kier alpha value is -1.06. The lowest BCUT2D eigenvalue weighted by atomic mass is 10.1. The van der Waals surface area contributed by atoms with Gasteiger partial charge < -0.3 is 9.80 Å². The standard InChI is InChI=1S/C13H22N2O2/c1-3-4-5-8-14-10(2)12(16)15-9-6-7-11(15)13(14)17/h10-11H,3-9H2,1-2H3. The van der Waals surface area contributed by atoms with Gasteiger partial charge in [0.15, 0.2) is 0 Å². The summed E-state index contributed by atoms with van der Waals surface area (Å²) in [4.78, 5) is 28.0.